The Morgan fingerprint density at radius 1 is 1.12 bits per heavy atom. The Labute approximate surface area is 199 Å². The summed E-state index contributed by atoms with van der Waals surface area (Å²) in [6.45, 7) is 4.51. The lowest BCUT2D eigenvalue weighted by Crippen LogP contribution is -2.48. The Hall–Kier alpha value is -3.18. The third kappa shape index (κ3) is 4.32. The monoisotopic (exact) mass is 492 g/mol. The van der Waals surface area contributed by atoms with Crippen molar-refractivity contribution < 1.29 is 13.9 Å². The zero-order valence-electron chi connectivity index (χ0n) is 19.3. The number of carbonyl (C=O) groups excluding carboxylic acids is 1. The molecule has 0 N–H and O–H groups in total. The van der Waals surface area contributed by atoms with Crippen molar-refractivity contribution in [2.24, 2.45) is 14.1 Å². The summed E-state index contributed by atoms with van der Waals surface area (Å²) in [6, 6.07) is 4.41. The first kappa shape index (κ1) is 24.0. The second kappa shape index (κ2) is 9.59. The average molecular weight is 493 g/mol. The fraction of sp³-hybridized carbons (Fsp3) is 0.455. The van der Waals surface area contributed by atoms with Crippen LogP contribution < -0.4 is 11.2 Å². The number of ether oxygens (including phenoxy) is 1. The number of benzene rings is 1. The van der Waals surface area contributed by atoms with Gasteiger partial charge in [0.1, 0.15) is 11.6 Å². The maximum absolute atomic E-state index is 14.6. The second-order valence-corrected chi connectivity index (χ2v) is 8.56. The molecule has 3 aromatic rings. The number of imidazole rings is 1. The van der Waals surface area contributed by atoms with Crippen LogP contribution in [0.1, 0.15) is 18.3 Å². The molecule has 0 unspecified atom stereocenters. The molecular weight excluding hydrogens is 467 g/mol. The van der Waals surface area contributed by atoms with Gasteiger partial charge in [-0.25, -0.2) is 19.0 Å². The molecule has 0 radical (unpaired) electrons. The third-order valence-electron chi connectivity index (χ3n) is 6.07. The number of aromatic nitrogens is 4. The first-order chi connectivity index (χ1) is 16.2. The van der Waals surface area contributed by atoms with Gasteiger partial charge in [0, 0.05) is 50.9 Å². The molecular formula is C22H26ClFN6O4. The summed E-state index contributed by atoms with van der Waals surface area (Å²) in [5.41, 5.74) is -0.366. The standard InChI is InChI=1S/C22H26ClFN6O4/c1-4-34-22(33)29-10-8-28(9-11-29)13-17-25-19-18(20(31)27(3)21(32)26(19)2)30(17)12-14-15(23)6-5-7-16(14)24/h5-7H,4,8-13H2,1-3H3. The Bertz CT molecular complexity index is 1340. The van der Waals surface area contributed by atoms with Crippen molar-refractivity contribution in [3.8, 4) is 0 Å². The van der Waals surface area contributed by atoms with Crippen LogP contribution in [0, 0.1) is 5.82 Å². The van der Waals surface area contributed by atoms with Gasteiger partial charge < -0.3 is 14.2 Å². The Morgan fingerprint density at radius 3 is 2.47 bits per heavy atom. The number of halogens is 2. The van der Waals surface area contributed by atoms with Crippen LogP contribution in [-0.2, 0) is 31.9 Å². The molecule has 1 amide bonds. The van der Waals surface area contributed by atoms with Crippen LogP contribution in [0.25, 0.3) is 11.2 Å². The number of rotatable bonds is 5. The van der Waals surface area contributed by atoms with Crippen molar-refractivity contribution >= 4 is 28.9 Å². The van der Waals surface area contributed by atoms with Gasteiger partial charge in [0.15, 0.2) is 11.2 Å². The molecule has 0 saturated carbocycles. The van der Waals surface area contributed by atoms with E-state index in [4.69, 9.17) is 16.3 Å². The highest BCUT2D eigenvalue weighted by Crippen LogP contribution is 2.23. The first-order valence-electron chi connectivity index (χ1n) is 10.9. The molecule has 0 bridgehead atoms. The molecule has 1 aromatic carbocycles. The van der Waals surface area contributed by atoms with E-state index in [1.807, 2.05) is 0 Å². The molecule has 0 spiro atoms. The highest BCUT2D eigenvalue weighted by Gasteiger charge is 2.26. The predicted octanol–water partition coefficient (Wildman–Crippen LogP) is 1.55. The molecule has 3 heterocycles. The summed E-state index contributed by atoms with van der Waals surface area (Å²) in [7, 11) is 2.94. The topological polar surface area (TPSA) is 94.6 Å². The fourth-order valence-corrected chi connectivity index (χ4v) is 4.35. The summed E-state index contributed by atoms with van der Waals surface area (Å²) in [4.78, 5) is 45.8. The molecule has 12 heteroatoms. The number of piperazine rings is 1. The minimum Gasteiger partial charge on any atom is -0.450 e. The number of hydrogen-bond acceptors (Lipinski definition) is 6. The van der Waals surface area contributed by atoms with Crippen molar-refractivity contribution in [3.63, 3.8) is 0 Å². The molecule has 1 fully saturated rings. The van der Waals surface area contributed by atoms with Crippen LogP contribution in [0.15, 0.2) is 27.8 Å². The van der Waals surface area contributed by atoms with Gasteiger partial charge in [0.05, 0.1) is 19.7 Å². The van der Waals surface area contributed by atoms with E-state index in [0.29, 0.717) is 45.2 Å². The van der Waals surface area contributed by atoms with Crippen molar-refractivity contribution in [2.75, 3.05) is 32.8 Å². The Kier molecular flexibility index (Phi) is 6.76. The van der Waals surface area contributed by atoms with Gasteiger partial charge in [-0.15, -0.1) is 0 Å². The van der Waals surface area contributed by atoms with E-state index >= 15 is 0 Å². The van der Waals surface area contributed by atoms with Gasteiger partial charge in [-0.1, -0.05) is 17.7 Å². The lowest BCUT2D eigenvalue weighted by atomic mass is 10.2. The van der Waals surface area contributed by atoms with Crippen molar-refractivity contribution in [2.45, 2.75) is 20.0 Å². The van der Waals surface area contributed by atoms with Crippen LogP contribution in [0.4, 0.5) is 9.18 Å². The fourth-order valence-electron chi connectivity index (χ4n) is 4.13. The molecule has 1 aliphatic heterocycles. The van der Waals surface area contributed by atoms with E-state index in [2.05, 4.69) is 9.88 Å². The molecule has 34 heavy (non-hydrogen) atoms. The summed E-state index contributed by atoms with van der Waals surface area (Å²) in [5, 5.41) is 0.234. The minimum absolute atomic E-state index is 0.0203. The van der Waals surface area contributed by atoms with Gasteiger partial charge in [-0.3, -0.25) is 18.8 Å². The van der Waals surface area contributed by atoms with Gasteiger partial charge in [-0.05, 0) is 19.1 Å². The highest BCUT2D eigenvalue weighted by molar-refractivity contribution is 6.31. The number of fused-ring (bicyclic) bond motifs is 1. The average Bonchev–Trinajstić information content (AvgIpc) is 3.17. The smallest absolute Gasteiger partial charge is 0.409 e. The lowest BCUT2D eigenvalue weighted by Gasteiger charge is -2.33. The largest absolute Gasteiger partial charge is 0.450 e. The molecule has 1 saturated heterocycles. The molecule has 182 valence electrons. The predicted molar refractivity (Wildman–Crippen MR) is 125 cm³/mol. The van der Waals surface area contributed by atoms with Crippen molar-refractivity contribution in [3.05, 3.63) is 61.3 Å². The Morgan fingerprint density at radius 2 is 1.82 bits per heavy atom. The van der Waals surface area contributed by atoms with Crippen molar-refractivity contribution in [1.29, 1.82) is 0 Å². The molecule has 0 aliphatic carbocycles. The van der Waals surface area contributed by atoms with Crippen LogP contribution in [0.3, 0.4) is 0 Å². The molecule has 4 rings (SSSR count). The minimum atomic E-state index is -0.517. The summed E-state index contributed by atoms with van der Waals surface area (Å²) in [5.74, 6) is 0.00204. The highest BCUT2D eigenvalue weighted by atomic mass is 35.5. The zero-order valence-corrected chi connectivity index (χ0v) is 20.0. The van der Waals surface area contributed by atoms with Gasteiger partial charge in [0.25, 0.3) is 5.56 Å². The number of nitrogens with zero attached hydrogens (tertiary/aromatic N) is 6. The number of carbonyl (C=O) groups is 1. The zero-order chi connectivity index (χ0) is 24.6. The van der Waals surface area contributed by atoms with Gasteiger partial charge in [0.2, 0.25) is 0 Å². The normalized spacial score (nSPS) is 14.7. The van der Waals surface area contributed by atoms with Gasteiger partial charge >= 0.3 is 11.8 Å². The van der Waals surface area contributed by atoms with Crippen molar-refractivity contribution in [1.82, 2.24) is 28.5 Å². The van der Waals surface area contributed by atoms with E-state index in [9.17, 15) is 18.8 Å². The quantitative estimate of drug-likeness (QED) is 0.536. The maximum atomic E-state index is 14.6. The lowest BCUT2D eigenvalue weighted by molar-refractivity contribution is 0.0769. The number of hydrogen-bond donors (Lipinski definition) is 0. The number of amides is 1. The van der Waals surface area contributed by atoms with Crippen LogP contribution in [0.5, 0.6) is 0 Å². The summed E-state index contributed by atoms with van der Waals surface area (Å²) < 4.78 is 23.6. The van der Waals surface area contributed by atoms with Crippen LogP contribution in [-0.4, -0.2) is 67.4 Å². The maximum Gasteiger partial charge on any atom is 0.409 e. The van der Waals surface area contributed by atoms with E-state index in [-0.39, 0.29) is 34.4 Å². The summed E-state index contributed by atoms with van der Waals surface area (Å²) in [6.07, 6.45) is -0.345. The van der Waals surface area contributed by atoms with E-state index in [1.165, 1.54) is 23.7 Å². The third-order valence-corrected chi connectivity index (χ3v) is 6.42. The molecule has 0 atom stereocenters. The summed E-state index contributed by atoms with van der Waals surface area (Å²) >= 11 is 6.27. The van der Waals surface area contributed by atoms with Crippen LogP contribution in [0.2, 0.25) is 5.02 Å². The second-order valence-electron chi connectivity index (χ2n) is 8.15. The first-order valence-corrected chi connectivity index (χ1v) is 11.3. The van der Waals surface area contributed by atoms with E-state index in [0.717, 1.165) is 4.57 Å². The van der Waals surface area contributed by atoms with E-state index in [1.54, 1.807) is 29.5 Å². The number of aryl methyl sites for hydroxylation is 1. The van der Waals surface area contributed by atoms with Gasteiger partial charge in [-0.2, -0.15) is 0 Å². The molecule has 2 aromatic heterocycles. The SMILES string of the molecule is CCOC(=O)N1CCN(Cc2nc3c(c(=O)n(C)c(=O)n3C)n2Cc2c(F)cccc2Cl)CC1. The Balaban J connectivity index is 1.73. The van der Waals surface area contributed by atoms with Crippen LogP contribution >= 0.6 is 11.6 Å². The molecule has 1 aliphatic rings. The van der Waals surface area contributed by atoms with E-state index < -0.39 is 17.1 Å². The molecule has 10 nitrogen and oxygen atoms in total.